The standard InChI is InChI=1S/C8H9S2.C5H5.Fe/c1-2-4-7(3-1)8-9-5-6-10-8;1-2-4-5-3-1;/h1-4,8H,5-6H2;1-5H;/q;;+2. The van der Waals surface area contributed by atoms with Gasteiger partial charge in [0.1, 0.15) is 0 Å². The second-order valence-corrected chi connectivity index (χ2v) is 5.98. The molecule has 3 fully saturated rings. The third-order valence-corrected chi connectivity index (χ3v) is 5.24. The molecule has 0 unspecified atom stereocenters. The normalized spacial score (nSPS) is 26.2. The van der Waals surface area contributed by atoms with Crippen LogP contribution in [-0.2, 0) is 17.1 Å². The number of thioether (sulfide) groups is 2. The molecule has 0 N–H and O–H groups in total. The maximum Gasteiger partial charge on any atom is 2.00 e. The molecule has 1 heterocycles. The van der Waals surface area contributed by atoms with E-state index in [0.29, 0.717) is 0 Å². The summed E-state index contributed by atoms with van der Waals surface area (Å²) in [5.41, 5.74) is 0. The summed E-state index contributed by atoms with van der Waals surface area (Å²) in [5.74, 6) is 4.13. The van der Waals surface area contributed by atoms with Crippen LogP contribution in [0.5, 0.6) is 0 Å². The van der Waals surface area contributed by atoms with E-state index in [4.69, 9.17) is 0 Å². The Hall–Kier alpha value is 1.22. The number of hydrogen-bond donors (Lipinski definition) is 0. The zero-order valence-corrected chi connectivity index (χ0v) is 11.6. The molecule has 0 amide bonds. The molecule has 2 saturated carbocycles. The summed E-state index contributed by atoms with van der Waals surface area (Å²) in [5, 5.41) is 0. The van der Waals surface area contributed by atoms with Gasteiger partial charge in [0.2, 0.25) is 0 Å². The SMILES string of the molecule is [CH]1[CH][CH][CH][CH]1.[CH]1[CH][CH][C](C2SCCS2)[CH]1.[Fe+2]. The Kier molecular flexibility index (Phi) is 8.77. The van der Waals surface area contributed by atoms with E-state index in [2.05, 4.69) is 49.2 Å². The van der Waals surface area contributed by atoms with Gasteiger partial charge in [0.05, 0.1) is 4.58 Å². The second-order valence-electron chi connectivity index (χ2n) is 3.25. The second kappa shape index (κ2) is 9.19. The molecule has 0 bridgehead atoms. The van der Waals surface area contributed by atoms with Crippen molar-refractivity contribution in [3.8, 4) is 0 Å². The van der Waals surface area contributed by atoms with E-state index in [0.717, 1.165) is 4.58 Å². The molecule has 0 nitrogen and oxygen atoms in total. The molecule has 0 spiro atoms. The molecule has 2 aliphatic carbocycles. The van der Waals surface area contributed by atoms with Crippen molar-refractivity contribution in [1.29, 1.82) is 0 Å². The van der Waals surface area contributed by atoms with Crippen molar-refractivity contribution in [3.63, 3.8) is 0 Å². The molecule has 16 heavy (non-hydrogen) atoms. The van der Waals surface area contributed by atoms with Crippen LogP contribution in [0.15, 0.2) is 0 Å². The first kappa shape index (κ1) is 15.3. The smallest absolute Gasteiger partial charge is 0.146 e. The first-order chi connectivity index (χ1) is 7.47. The Labute approximate surface area is 120 Å². The van der Waals surface area contributed by atoms with Crippen molar-refractivity contribution in [2.24, 2.45) is 0 Å². The molecule has 0 aromatic carbocycles. The fourth-order valence-corrected chi connectivity index (χ4v) is 4.28. The first-order valence-electron chi connectivity index (χ1n) is 5.08. The van der Waals surface area contributed by atoms with E-state index in [1.54, 1.807) is 0 Å². The third kappa shape index (κ3) is 5.25. The van der Waals surface area contributed by atoms with Gasteiger partial charge in [-0.05, 0) is 57.8 Å². The quantitative estimate of drug-likeness (QED) is 0.680. The van der Waals surface area contributed by atoms with Gasteiger partial charge in [-0.3, -0.25) is 0 Å². The van der Waals surface area contributed by atoms with Gasteiger partial charge in [-0.2, -0.15) is 0 Å². The largest absolute Gasteiger partial charge is 2.00 e. The van der Waals surface area contributed by atoms with Crippen LogP contribution >= 0.6 is 23.5 Å². The minimum atomic E-state index is 0. The zero-order chi connectivity index (χ0) is 10.3. The molecular formula is C13H14FeS2+2. The van der Waals surface area contributed by atoms with Crippen molar-refractivity contribution in [3.05, 3.63) is 63.7 Å². The van der Waals surface area contributed by atoms with Crippen LogP contribution in [0, 0.1) is 63.7 Å². The molecule has 10 radical (unpaired) electrons. The molecule has 1 aliphatic heterocycles. The predicted molar refractivity (Wildman–Crippen MR) is 70.6 cm³/mol. The molecule has 3 aliphatic rings. The van der Waals surface area contributed by atoms with Gasteiger partial charge < -0.3 is 0 Å². The fraction of sp³-hybridized carbons (Fsp3) is 0.231. The fourth-order valence-electron chi connectivity index (χ4n) is 1.42. The maximum atomic E-state index is 2.22. The molecule has 0 aromatic heterocycles. The molecule has 3 heteroatoms. The van der Waals surface area contributed by atoms with Gasteiger partial charge in [0, 0.05) is 17.4 Å². The summed E-state index contributed by atoms with van der Waals surface area (Å²) >= 11 is 4.13. The Morgan fingerprint density at radius 1 is 0.750 bits per heavy atom. The van der Waals surface area contributed by atoms with Crippen molar-refractivity contribution < 1.29 is 17.1 Å². The van der Waals surface area contributed by atoms with E-state index >= 15 is 0 Å². The van der Waals surface area contributed by atoms with Gasteiger partial charge in [-0.15, -0.1) is 23.5 Å². The van der Waals surface area contributed by atoms with Crippen LogP contribution in [0.1, 0.15) is 0 Å². The van der Waals surface area contributed by atoms with Crippen LogP contribution in [0.4, 0.5) is 0 Å². The minimum Gasteiger partial charge on any atom is -0.146 e. The molecule has 0 atom stereocenters. The average Bonchev–Trinajstić information content (AvgIpc) is 3.06. The molecule has 0 aromatic rings. The van der Waals surface area contributed by atoms with Crippen LogP contribution < -0.4 is 0 Å². The molecular weight excluding hydrogens is 276 g/mol. The number of rotatable bonds is 1. The van der Waals surface area contributed by atoms with E-state index < -0.39 is 0 Å². The van der Waals surface area contributed by atoms with Crippen LogP contribution in [-0.4, -0.2) is 16.1 Å². The van der Waals surface area contributed by atoms with Gasteiger partial charge in [0.25, 0.3) is 0 Å². The number of hydrogen-bond acceptors (Lipinski definition) is 2. The van der Waals surface area contributed by atoms with Crippen molar-refractivity contribution in [2.75, 3.05) is 11.5 Å². The van der Waals surface area contributed by atoms with Crippen molar-refractivity contribution >= 4 is 23.5 Å². The minimum absolute atomic E-state index is 0. The monoisotopic (exact) mass is 290 g/mol. The Morgan fingerprint density at radius 2 is 1.19 bits per heavy atom. The van der Waals surface area contributed by atoms with Gasteiger partial charge >= 0.3 is 17.1 Å². The van der Waals surface area contributed by atoms with E-state index in [-0.39, 0.29) is 17.1 Å². The summed E-state index contributed by atoms with van der Waals surface area (Å²) in [6.07, 6.45) is 18.7. The topological polar surface area (TPSA) is 0 Å². The summed E-state index contributed by atoms with van der Waals surface area (Å²) in [4.78, 5) is 0. The van der Waals surface area contributed by atoms with Crippen LogP contribution in [0.25, 0.3) is 0 Å². The average molecular weight is 290 g/mol. The van der Waals surface area contributed by atoms with E-state index in [1.165, 1.54) is 17.4 Å². The molecule has 3 rings (SSSR count). The zero-order valence-electron chi connectivity index (χ0n) is 8.86. The Morgan fingerprint density at radius 3 is 1.62 bits per heavy atom. The van der Waals surface area contributed by atoms with E-state index in [9.17, 15) is 0 Å². The summed E-state index contributed by atoms with van der Waals surface area (Å²) in [6.45, 7) is 0. The maximum absolute atomic E-state index is 2.22. The van der Waals surface area contributed by atoms with Gasteiger partial charge in [0.15, 0.2) is 0 Å². The van der Waals surface area contributed by atoms with Crippen molar-refractivity contribution in [2.45, 2.75) is 4.58 Å². The van der Waals surface area contributed by atoms with E-state index in [1.807, 2.05) is 32.1 Å². The first-order valence-corrected chi connectivity index (χ1v) is 7.18. The summed E-state index contributed by atoms with van der Waals surface area (Å²) < 4.78 is 0.731. The molecule has 1 saturated heterocycles. The van der Waals surface area contributed by atoms with Gasteiger partial charge in [-0.1, -0.05) is 0 Å². The van der Waals surface area contributed by atoms with Crippen LogP contribution in [0.2, 0.25) is 0 Å². The van der Waals surface area contributed by atoms with Crippen molar-refractivity contribution in [1.82, 2.24) is 0 Å². The molecule has 84 valence electrons. The Balaban J connectivity index is 0.000000183. The predicted octanol–water partition coefficient (Wildman–Crippen LogP) is 3.22. The summed E-state index contributed by atoms with van der Waals surface area (Å²) in [7, 11) is 0. The third-order valence-electron chi connectivity index (χ3n) is 2.14. The van der Waals surface area contributed by atoms with Gasteiger partial charge in [-0.25, -0.2) is 0 Å². The Bertz CT molecular complexity index is 138. The summed E-state index contributed by atoms with van der Waals surface area (Å²) in [6, 6.07) is 0. The van der Waals surface area contributed by atoms with Crippen LogP contribution in [0.3, 0.4) is 0 Å².